The Bertz CT molecular complexity index is 1210. The van der Waals surface area contributed by atoms with E-state index in [2.05, 4.69) is 55.6 Å². The molecule has 0 aromatic carbocycles. The van der Waals surface area contributed by atoms with Gasteiger partial charge in [-0.15, -0.1) is 0 Å². The van der Waals surface area contributed by atoms with E-state index in [1.807, 2.05) is 0 Å². The molecule has 3 atom stereocenters. The maximum absolute atomic E-state index is 12.3. The standard InChI is InChI=1S/C51H94NO10P/c1-3-5-7-9-11-13-15-17-19-21-23-24-25-27-29-31-33-35-37-39-41-43-50(55)60-44-47(53)45-61-63(58,59)62-46-48(51(56)57)52-49(54)42-40-38-36-34-32-30-28-26-22-20-18-16-14-12-10-8-6-4-2/h14,16-17,19-20,22,47-48,53H,3-13,15,18,21,23-46H2,1-2H3,(H,52,54)(H,56,57)(H,58,59)/b16-14-,19-17+,22-20-. The number of aliphatic hydroxyl groups excluding tert-OH is 1. The molecule has 3 unspecified atom stereocenters. The smallest absolute Gasteiger partial charge is 0.472 e. The van der Waals surface area contributed by atoms with Gasteiger partial charge in [-0.3, -0.25) is 18.6 Å². The molecule has 0 rings (SSSR count). The second-order valence-corrected chi connectivity index (χ2v) is 18.8. The van der Waals surface area contributed by atoms with Gasteiger partial charge in [0.1, 0.15) is 12.7 Å². The number of carbonyl (C=O) groups excluding carboxylic acids is 2. The van der Waals surface area contributed by atoms with Crippen molar-refractivity contribution in [3.8, 4) is 0 Å². The number of aliphatic carboxylic acids is 1. The number of carboxylic acid groups (broad SMARTS) is 1. The number of phosphoric acid groups is 1. The molecule has 63 heavy (non-hydrogen) atoms. The van der Waals surface area contributed by atoms with Crippen molar-refractivity contribution in [2.24, 2.45) is 0 Å². The van der Waals surface area contributed by atoms with Crippen LogP contribution in [0.25, 0.3) is 0 Å². The largest absolute Gasteiger partial charge is 0.480 e. The third-order valence-corrected chi connectivity index (χ3v) is 12.1. The number of esters is 1. The molecule has 0 spiro atoms. The van der Waals surface area contributed by atoms with Crippen molar-refractivity contribution < 1.29 is 47.8 Å². The molecule has 0 aromatic rings. The summed E-state index contributed by atoms with van der Waals surface area (Å²) in [6.45, 7) is 2.60. The van der Waals surface area contributed by atoms with Crippen LogP contribution in [0.4, 0.5) is 0 Å². The van der Waals surface area contributed by atoms with E-state index in [9.17, 15) is 34.1 Å². The average Bonchev–Trinajstić information content (AvgIpc) is 3.26. The zero-order valence-corrected chi connectivity index (χ0v) is 41.0. The van der Waals surface area contributed by atoms with Crippen LogP contribution in [0.15, 0.2) is 36.5 Å². The predicted octanol–water partition coefficient (Wildman–Crippen LogP) is 14.0. The lowest BCUT2D eigenvalue weighted by atomic mass is 10.0. The molecule has 1 amide bonds. The van der Waals surface area contributed by atoms with Crippen molar-refractivity contribution in [1.82, 2.24) is 5.32 Å². The highest BCUT2D eigenvalue weighted by molar-refractivity contribution is 7.47. The molecule has 0 bridgehead atoms. The minimum absolute atomic E-state index is 0.137. The molecule has 0 fully saturated rings. The van der Waals surface area contributed by atoms with Crippen molar-refractivity contribution in [3.63, 3.8) is 0 Å². The summed E-state index contributed by atoms with van der Waals surface area (Å²) in [4.78, 5) is 46.1. The van der Waals surface area contributed by atoms with Gasteiger partial charge in [-0.05, 0) is 70.6 Å². The van der Waals surface area contributed by atoms with Crippen LogP contribution in [0.3, 0.4) is 0 Å². The Hall–Kier alpha value is -2.30. The Morgan fingerprint density at radius 3 is 1.32 bits per heavy atom. The van der Waals surface area contributed by atoms with Crippen molar-refractivity contribution >= 4 is 25.7 Å². The number of carboxylic acids is 1. The van der Waals surface area contributed by atoms with Gasteiger partial charge >= 0.3 is 19.8 Å². The van der Waals surface area contributed by atoms with E-state index >= 15 is 0 Å². The van der Waals surface area contributed by atoms with Crippen LogP contribution in [0, 0.1) is 0 Å². The zero-order chi connectivity index (χ0) is 46.3. The third kappa shape index (κ3) is 46.0. The Balaban J connectivity index is 3.82. The molecule has 4 N–H and O–H groups in total. The van der Waals surface area contributed by atoms with Crippen molar-refractivity contribution in [2.45, 2.75) is 251 Å². The van der Waals surface area contributed by atoms with Crippen LogP contribution in [-0.2, 0) is 32.7 Å². The number of allylic oxidation sites excluding steroid dienone is 6. The van der Waals surface area contributed by atoms with Gasteiger partial charge in [0.25, 0.3) is 0 Å². The molecule has 0 saturated heterocycles. The number of carbonyl (C=O) groups is 3. The Kier molecular flexibility index (Phi) is 44.5. The Morgan fingerprint density at radius 2 is 0.873 bits per heavy atom. The number of phosphoric ester groups is 1. The lowest BCUT2D eigenvalue weighted by molar-refractivity contribution is -0.147. The molecule has 0 radical (unpaired) electrons. The summed E-state index contributed by atoms with van der Waals surface area (Å²) >= 11 is 0. The van der Waals surface area contributed by atoms with Crippen LogP contribution < -0.4 is 5.32 Å². The lowest BCUT2D eigenvalue weighted by Crippen LogP contribution is -2.43. The fourth-order valence-corrected chi connectivity index (χ4v) is 7.94. The van der Waals surface area contributed by atoms with Gasteiger partial charge in [-0.25, -0.2) is 9.36 Å². The van der Waals surface area contributed by atoms with Crippen LogP contribution in [-0.4, -0.2) is 64.9 Å². The first-order valence-electron chi connectivity index (χ1n) is 25.5. The second kappa shape index (κ2) is 46.2. The highest BCUT2D eigenvalue weighted by atomic mass is 31.2. The molecule has 0 aliphatic carbocycles. The van der Waals surface area contributed by atoms with E-state index in [4.69, 9.17) is 13.8 Å². The Morgan fingerprint density at radius 1 is 0.508 bits per heavy atom. The van der Waals surface area contributed by atoms with Gasteiger partial charge in [-0.2, -0.15) is 0 Å². The molecule has 12 heteroatoms. The lowest BCUT2D eigenvalue weighted by Gasteiger charge is -2.18. The summed E-state index contributed by atoms with van der Waals surface area (Å²) in [6, 6.07) is -1.55. The highest BCUT2D eigenvalue weighted by Crippen LogP contribution is 2.43. The molecule has 0 saturated carbocycles. The normalized spacial score (nSPS) is 13.8. The number of aliphatic hydroxyl groups is 1. The average molecular weight is 912 g/mol. The van der Waals surface area contributed by atoms with Crippen molar-refractivity contribution in [2.75, 3.05) is 19.8 Å². The van der Waals surface area contributed by atoms with Crippen molar-refractivity contribution in [3.05, 3.63) is 36.5 Å². The fraction of sp³-hybridized carbons (Fsp3) is 0.824. The SMILES string of the molecule is CCCCCC/C=C\C/C=C\CCCCCCCCCC(=O)NC(COP(=O)(O)OCC(O)COC(=O)CCCCCCCCCCCCC/C=C/CCCCCCCC)C(=O)O. The number of unbranched alkanes of at least 4 members (excludes halogenated alkanes) is 28. The van der Waals surface area contributed by atoms with Crippen LogP contribution in [0.2, 0.25) is 0 Å². The zero-order valence-electron chi connectivity index (χ0n) is 40.1. The maximum atomic E-state index is 12.3. The minimum atomic E-state index is -4.76. The minimum Gasteiger partial charge on any atom is -0.480 e. The molecule has 0 aliphatic rings. The molecular weight excluding hydrogens is 818 g/mol. The quantitative estimate of drug-likeness (QED) is 0.0199. The third-order valence-electron chi connectivity index (χ3n) is 11.2. The van der Waals surface area contributed by atoms with E-state index in [1.165, 1.54) is 141 Å². The molecule has 11 nitrogen and oxygen atoms in total. The van der Waals surface area contributed by atoms with Gasteiger partial charge in [0, 0.05) is 12.8 Å². The monoisotopic (exact) mass is 912 g/mol. The number of hydrogen-bond acceptors (Lipinski definition) is 8. The molecule has 0 aromatic heterocycles. The number of amides is 1. The van der Waals surface area contributed by atoms with E-state index < -0.39 is 57.6 Å². The van der Waals surface area contributed by atoms with Crippen LogP contribution in [0.5, 0.6) is 0 Å². The molecular formula is C51H94NO10P. The first-order chi connectivity index (χ1) is 30.6. The van der Waals surface area contributed by atoms with Crippen LogP contribution in [0.1, 0.15) is 239 Å². The maximum Gasteiger partial charge on any atom is 0.472 e. The number of hydrogen-bond donors (Lipinski definition) is 4. The fourth-order valence-electron chi connectivity index (χ4n) is 7.16. The molecule has 0 heterocycles. The molecule has 368 valence electrons. The summed E-state index contributed by atoms with van der Waals surface area (Å²) in [5, 5.41) is 21.9. The summed E-state index contributed by atoms with van der Waals surface area (Å²) in [5.74, 6) is -2.38. The number of ether oxygens (including phenoxy) is 1. The first-order valence-corrected chi connectivity index (χ1v) is 27.0. The van der Waals surface area contributed by atoms with Crippen molar-refractivity contribution in [1.29, 1.82) is 0 Å². The van der Waals surface area contributed by atoms with Crippen LogP contribution >= 0.6 is 7.82 Å². The van der Waals surface area contributed by atoms with E-state index in [-0.39, 0.29) is 12.8 Å². The van der Waals surface area contributed by atoms with E-state index in [0.717, 1.165) is 57.8 Å². The first kappa shape index (κ1) is 60.7. The van der Waals surface area contributed by atoms with Gasteiger partial charge in [0.15, 0.2) is 6.04 Å². The van der Waals surface area contributed by atoms with E-state index in [0.29, 0.717) is 12.8 Å². The molecule has 0 aliphatic heterocycles. The topological polar surface area (TPSA) is 169 Å². The highest BCUT2D eigenvalue weighted by Gasteiger charge is 2.28. The number of rotatable bonds is 48. The summed E-state index contributed by atoms with van der Waals surface area (Å²) in [6.07, 6.45) is 51.6. The van der Waals surface area contributed by atoms with Gasteiger partial charge in [0.05, 0.1) is 13.2 Å². The summed E-state index contributed by atoms with van der Waals surface area (Å²) in [7, 11) is -4.76. The summed E-state index contributed by atoms with van der Waals surface area (Å²) in [5.41, 5.74) is 0. The Labute approximate surface area is 384 Å². The van der Waals surface area contributed by atoms with Gasteiger partial charge in [-0.1, -0.05) is 192 Å². The van der Waals surface area contributed by atoms with Gasteiger partial charge < -0.3 is 25.2 Å². The predicted molar refractivity (Wildman–Crippen MR) is 259 cm³/mol. The second-order valence-electron chi connectivity index (χ2n) is 17.4. The summed E-state index contributed by atoms with van der Waals surface area (Å²) < 4.78 is 26.9. The van der Waals surface area contributed by atoms with Gasteiger partial charge in [0.2, 0.25) is 5.91 Å². The van der Waals surface area contributed by atoms with E-state index in [1.54, 1.807) is 0 Å². The number of nitrogens with one attached hydrogen (secondary N) is 1.